The van der Waals surface area contributed by atoms with Gasteiger partial charge in [-0.15, -0.1) is 11.3 Å². The second-order valence-corrected chi connectivity index (χ2v) is 13.6. The van der Waals surface area contributed by atoms with E-state index >= 15 is 0 Å². The number of aliphatic imine (C=N–C) groups is 1. The van der Waals surface area contributed by atoms with Crippen molar-refractivity contribution in [3.63, 3.8) is 0 Å². The van der Waals surface area contributed by atoms with Crippen LogP contribution >= 0.6 is 34.7 Å². The Labute approximate surface area is 309 Å². The number of carbonyl (C=O) groups excluding carboxylic acids is 2. The first kappa shape index (κ1) is 38.8. The van der Waals surface area contributed by atoms with Gasteiger partial charge < -0.3 is 15.5 Å². The molecule has 266 valence electrons. The van der Waals surface area contributed by atoms with Gasteiger partial charge in [0.05, 0.1) is 40.6 Å². The number of amides is 4. The van der Waals surface area contributed by atoms with Gasteiger partial charge in [-0.25, -0.2) is 24.6 Å². The van der Waals surface area contributed by atoms with E-state index in [4.69, 9.17) is 16.4 Å². The monoisotopic (exact) mass is 749 g/mol. The summed E-state index contributed by atoms with van der Waals surface area (Å²) in [5.41, 5.74) is 6.38. The molecule has 6 heterocycles. The summed E-state index contributed by atoms with van der Waals surface area (Å²) in [5.74, 6) is 0.351. The summed E-state index contributed by atoms with van der Waals surface area (Å²) < 4.78 is 0. The lowest BCUT2D eigenvalue weighted by molar-refractivity contribution is -0.0410. The minimum Gasteiger partial charge on any atom is -0.355 e. The van der Waals surface area contributed by atoms with Crippen LogP contribution in [0.4, 0.5) is 15.3 Å². The van der Waals surface area contributed by atoms with Crippen molar-refractivity contribution < 1.29 is 19.6 Å². The van der Waals surface area contributed by atoms with Crippen molar-refractivity contribution in [3.8, 4) is 5.88 Å². The number of nitrogens with zero attached hydrogens (tertiary/aromatic N) is 8. The Hall–Kier alpha value is -4.99. The number of hydrogen-bond acceptors (Lipinski definition) is 12. The first-order chi connectivity index (χ1) is 24.3. The van der Waals surface area contributed by atoms with Gasteiger partial charge in [0.1, 0.15) is 27.3 Å². The molecule has 4 amide bonds. The smallest absolute Gasteiger partial charge is 0.351 e. The summed E-state index contributed by atoms with van der Waals surface area (Å²) in [7, 11) is 0. The highest BCUT2D eigenvalue weighted by Crippen LogP contribution is 2.33. The highest BCUT2D eigenvalue weighted by Gasteiger charge is 2.28. The van der Waals surface area contributed by atoms with Gasteiger partial charge in [-0.05, 0) is 77.9 Å². The van der Waals surface area contributed by atoms with E-state index in [0.717, 1.165) is 32.4 Å². The van der Waals surface area contributed by atoms with Crippen LogP contribution in [0.5, 0.6) is 5.88 Å². The molecule has 0 aliphatic carbocycles. The zero-order valence-electron chi connectivity index (χ0n) is 28.9. The van der Waals surface area contributed by atoms with Gasteiger partial charge in [0, 0.05) is 30.0 Å². The van der Waals surface area contributed by atoms with E-state index < -0.39 is 17.1 Å². The number of nitrogens with one attached hydrogen (secondary N) is 2. The van der Waals surface area contributed by atoms with Crippen molar-refractivity contribution in [3.05, 3.63) is 95.1 Å². The third kappa shape index (κ3) is 11.0. The van der Waals surface area contributed by atoms with Crippen molar-refractivity contribution in [1.82, 2.24) is 45.7 Å². The summed E-state index contributed by atoms with van der Waals surface area (Å²) in [6.45, 7) is 11.6. The van der Waals surface area contributed by atoms with Crippen molar-refractivity contribution in [2.24, 2.45) is 4.99 Å². The lowest BCUT2D eigenvalue weighted by Crippen LogP contribution is -2.49. The summed E-state index contributed by atoms with van der Waals surface area (Å²) in [4.78, 5) is 55.5. The standard InChI is InChI=1S/C17H19N5O2S.C11H17N3O2.C6H2ClN2S/c1-4-22(24-14-9-8-12-15(20-14)25-11-19-12)16(23)21-17(2,3)13-7-5-6-10-18-13;1-4-14(16)10(15)13-11(2,3)9-7-5-6-8-12-9;7-5-2-1-4-6(9-5)10-3-8-4/h5-11H,4H2,1-3H3,(H,21,23);5-8,16H,4H2,1-3H3,(H,13,15);1-2H/q;;+1. The van der Waals surface area contributed by atoms with E-state index in [1.165, 1.54) is 28.2 Å². The molecule has 0 fully saturated rings. The van der Waals surface area contributed by atoms with E-state index in [9.17, 15) is 14.8 Å². The number of thiazole rings is 1. The molecule has 0 unspecified atom stereocenters. The predicted molar refractivity (Wildman–Crippen MR) is 198 cm³/mol. The van der Waals surface area contributed by atoms with Crippen molar-refractivity contribution in [2.75, 3.05) is 13.1 Å². The Morgan fingerprint density at radius 1 is 0.863 bits per heavy atom. The number of halogens is 1. The largest absolute Gasteiger partial charge is 0.355 e. The molecule has 1 aliphatic heterocycles. The van der Waals surface area contributed by atoms with E-state index in [1.54, 1.807) is 37.0 Å². The van der Waals surface area contributed by atoms with E-state index in [2.05, 4.69) is 46.1 Å². The lowest BCUT2D eigenvalue weighted by atomic mass is 10.0. The minimum atomic E-state index is -0.635. The zero-order valence-corrected chi connectivity index (χ0v) is 31.3. The number of pyridine rings is 4. The normalized spacial score (nSPS) is 11.5. The van der Waals surface area contributed by atoms with Crippen molar-refractivity contribution >= 4 is 68.3 Å². The molecule has 1 aliphatic rings. The predicted octanol–water partition coefficient (Wildman–Crippen LogP) is 7.46. The molecule has 0 bridgehead atoms. The van der Waals surface area contributed by atoms with Gasteiger partial charge in [0.15, 0.2) is 0 Å². The number of carbonyl (C=O) groups is 2. The summed E-state index contributed by atoms with van der Waals surface area (Å²) in [6.07, 6.45) is 3.37. The van der Waals surface area contributed by atoms with Crippen molar-refractivity contribution in [2.45, 2.75) is 57.6 Å². The molecule has 0 saturated heterocycles. The number of rotatable bonds is 8. The molecule has 3 N–H and O–H groups in total. The first-order valence-electron chi connectivity index (χ1n) is 15.7. The Morgan fingerprint density at radius 2 is 1.51 bits per heavy atom. The van der Waals surface area contributed by atoms with Crippen molar-refractivity contribution in [1.29, 1.82) is 0 Å². The van der Waals surface area contributed by atoms with Gasteiger partial charge >= 0.3 is 12.1 Å². The highest BCUT2D eigenvalue weighted by atomic mass is 35.5. The molecular weight excluding hydrogens is 712 g/mol. The third-order valence-corrected chi connectivity index (χ3v) is 8.61. The zero-order chi connectivity index (χ0) is 37.0. The van der Waals surface area contributed by atoms with Crippen LogP contribution < -0.4 is 15.5 Å². The fraction of sp³-hybridized carbons (Fsp3) is 0.294. The maximum atomic E-state index is 12.6. The highest BCUT2D eigenvalue weighted by molar-refractivity contribution is 8.12. The average Bonchev–Trinajstić information content (AvgIpc) is 3.80. The van der Waals surface area contributed by atoms with E-state index in [-0.39, 0.29) is 12.6 Å². The number of hydrogen-bond donors (Lipinski definition) is 3. The first-order valence-corrected chi connectivity index (χ1v) is 17.8. The Morgan fingerprint density at radius 3 is 2.10 bits per heavy atom. The fourth-order valence-electron chi connectivity index (χ4n) is 4.23. The lowest BCUT2D eigenvalue weighted by Gasteiger charge is -2.29. The number of hydroxylamine groups is 4. The molecule has 5 aromatic rings. The van der Waals surface area contributed by atoms with Crippen LogP contribution in [0.3, 0.4) is 0 Å². The van der Waals surface area contributed by atoms with Crippen LogP contribution in [0.25, 0.3) is 10.3 Å². The molecule has 0 spiro atoms. The second kappa shape index (κ2) is 17.8. The maximum absolute atomic E-state index is 12.6. The van der Waals surface area contributed by atoms with Crippen LogP contribution in [-0.2, 0) is 11.1 Å². The number of aromatic nitrogens is 5. The van der Waals surface area contributed by atoms with Gasteiger partial charge in [0.25, 0.3) is 5.55 Å². The summed E-state index contributed by atoms with van der Waals surface area (Å²) in [6, 6.07) is 17.3. The summed E-state index contributed by atoms with van der Waals surface area (Å²) in [5, 5.41) is 18.1. The third-order valence-electron chi connectivity index (χ3n) is 6.99. The molecular formula is C34H38ClN10O4S2+. The van der Waals surface area contributed by atoms with Gasteiger partial charge in [-0.2, -0.15) is 10.0 Å². The fourth-order valence-corrected chi connectivity index (χ4v) is 5.67. The Balaban J connectivity index is 0.000000191. The van der Waals surface area contributed by atoms with Gasteiger partial charge in [0.2, 0.25) is 16.6 Å². The second-order valence-electron chi connectivity index (χ2n) is 11.6. The summed E-state index contributed by atoms with van der Waals surface area (Å²) >= 11 is 8.42. The van der Waals surface area contributed by atoms with E-state index in [1.807, 2.05) is 83.1 Å². The van der Waals surface area contributed by atoms with Crippen LogP contribution in [0.2, 0.25) is 5.15 Å². The number of urea groups is 2. The van der Waals surface area contributed by atoms with Crippen LogP contribution in [-0.4, -0.2) is 71.0 Å². The topological polar surface area (TPSA) is 171 Å². The van der Waals surface area contributed by atoms with Crippen LogP contribution in [0.15, 0.2) is 88.6 Å². The van der Waals surface area contributed by atoms with Gasteiger partial charge in [-0.3, -0.25) is 15.2 Å². The molecule has 14 nitrogen and oxygen atoms in total. The average molecular weight is 750 g/mol. The van der Waals surface area contributed by atoms with Gasteiger partial charge in [-0.1, -0.05) is 23.7 Å². The van der Waals surface area contributed by atoms with Crippen LogP contribution in [0, 0.1) is 0 Å². The quantitative estimate of drug-likeness (QED) is 0.0626. The Kier molecular flexibility index (Phi) is 13.5. The minimum absolute atomic E-state index is 0.240. The SMILES string of the molecule is CCN(O)C(=O)NC(C)(C)c1ccccn1.CCN(Oc1ccc2ncsc2n1)C(=O)NC(C)(C)c1ccccn1.Clc1ccc2c(n1)S[C+]=N2. The molecule has 5 aromatic heterocycles. The van der Waals surface area contributed by atoms with E-state index in [0.29, 0.717) is 22.6 Å². The Bertz CT molecular complexity index is 1930. The number of fused-ring (bicyclic) bond motifs is 2. The number of thioether (sulfide) groups is 1. The maximum Gasteiger partial charge on any atom is 0.351 e. The molecule has 51 heavy (non-hydrogen) atoms. The van der Waals surface area contributed by atoms with Crippen LogP contribution in [0.1, 0.15) is 52.9 Å². The molecule has 0 saturated carbocycles. The molecule has 0 radical (unpaired) electrons. The molecule has 6 rings (SSSR count). The molecule has 17 heteroatoms. The molecule has 0 atom stereocenters. The molecule has 0 aromatic carbocycles.